The van der Waals surface area contributed by atoms with Crippen molar-refractivity contribution in [3.05, 3.63) is 65.2 Å². The van der Waals surface area contributed by atoms with E-state index in [0.717, 1.165) is 22.4 Å². The molecule has 2 aromatic carbocycles. The van der Waals surface area contributed by atoms with Crippen molar-refractivity contribution in [3.8, 4) is 5.75 Å². The van der Waals surface area contributed by atoms with Crippen LogP contribution in [0, 0.1) is 6.92 Å². The van der Waals surface area contributed by atoms with Gasteiger partial charge in [-0.2, -0.15) is 5.10 Å². The van der Waals surface area contributed by atoms with E-state index < -0.39 is 18.0 Å². The van der Waals surface area contributed by atoms with Crippen molar-refractivity contribution in [2.45, 2.75) is 26.3 Å². The molecule has 2 aromatic rings. The number of carbonyl (C=O) groups is 2. The van der Waals surface area contributed by atoms with E-state index in [1.54, 1.807) is 14.0 Å². The maximum Gasteiger partial charge on any atom is 0.407 e. The standard InChI is InChI=1S/C21H25N3O4/c1-4-28-21(26)23-18(12-16-8-6-5-7-9-16)20(25)24-22-14-17-11-10-15(2)19(13-17)27-3/h5-11,13-14,18H,4,12H2,1-3H3,(H,23,26)(H,24,25)/b22-14-/t18-/m0/s1. The molecule has 0 fully saturated rings. The predicted molar refractivity (Wildman–Crippen MR) is 108 cm³/mol. The third kappa shape index (κ3) is 6.42. The number of hydrazone groups is 1. The average molecular weight is 383 g/mol. The molecule has 0 spiro atoms. The zero-order valence-corrected chi connectivity index (χ0v) is 16.3. The highest BCUT2D eigenvalue weighted by atomic mass is 16.5. The average Bonchev–Trinajstić information content (AvgIpc) is 2.69. The Morgan fingerprint density at radius 2 is 1.93 bits per heavy atom. The molecule has 0 unspecified atom stereocenters. The van der Waals surface area contributed by atoms with Gasteiger partial charge in [-0.1, -0.05) is 42.5 Å². The molecule has 1 atom stereocenters. The van der Waals surface area contributed by atoms with Crippen LogP contribution >= 0.6 is 0 Å². The van der Waals surface area contributed by atoms with Crippen LogP contribution in [0.4, 0.5) is 4.79 Å². The fourth-order valence-electron chi connectivity index (χ4n) is 2.54. The fraction of sp³-hybridized carbons (Fsp3) is 0.286. The topological polar surface area (TPSA) is 89.0 Å². The largest absolute Gasteiger partial charge is 0.496 e. The van der Waals surface area contributed by atoms with E-state index >= 15 is 0 Å². The van der Waals surface area contributed by atoms with Crippen LogP contribution in [0.5, 0.6) is 5.75 Å². The number of nitrogens with zero attached hydrogens (tertiary/aromatic N) is 1. The molecular formula is C21H25N3O4. The lowest BCUT2D eigenvalue weighted by Crippen LogP contribution is -2.47. The van der Waals surface area contributed by atoms with E-state index in [-0.39, 0.29) is 6.61 Å². The van der Waals surface area contributed by atoms with E-state index in [1.165, 1.54) is 6.21 Å². The quantitative estimate of drug-likeness (QED) is 0.542. The Bertz CT molecular complexity index is 822. The number of nitrogens with one attached hydrogen (secondary N) is 2. The molecule has 0 saturated carbocycles. The first kappa shape index (κ1) is 21.0. The molecule has 2 amide bonds. The van der Waals surface area contributed by atoms with Crippen molar-refractivity contribution in [1.29, 1.82) is 0 Å². The van der Waals surface area contributed by atoms with Gasteiger partial charge < -0.3 is 14.8 Å². The predicted octanol–water partition coefficient (Wildman–Crippen LogP) is 2.81. The van der Waals surface area contributed by atoms with Crippen molar-refractivity contribution in [2.75, 3.05) is 13.7 Å². The molecule has 0 aliphatic carbocycles. The molecule has 7 nitrogen and oxygen atoms in total. The minimum Gasteiger partial charge on any atom is -0.496 e. The number of aryl methyl sites for hydroxylation is 1. The summed E-state index contributed by atoms with van der Waals surface area (Å²) in [5.74, 6) is 0.299. The number of amides is 2. The van der Waals surface area contributed by atoms with Gasteiger partial charge in [0.1, 0.15) is 11.8 Å². The van der Waals surface area contributed by atoms with Gasteiger partial charge >= 0.3 is 6.09 Å². The highest BCUT2D eigenvalue weighted by Gasteiger charge is 2.21. The Morgan fingerprint density at radius 1 is 1.18 bits per heavy atom. The number of ether oxygens (including phenoxy) is 2. The van der Waals surface area contributed by atoms with Gasteiger partial charge in [0.25, 0.3) is 5.91 Å². The Hall–Kier alpha value is -3.35. The van der Waals surface area contributed by atoms with Crippen LogP contribution in [0.3, 0.4) is 0 Å². The number of carbonyl (C=O) groups excluding carboxylic acids is 2. The second-order valence-corrected chi connectivity index (χ2v) is 6.07. The van der Waals surface area contributed by atoms with Crippen LogP contribution in [0.15, 0.2) is 53.6 Å². The molecule has 28 heavy (non-hydrogen) atoms. The first-order valence-electron chi connectivity index (χ1n) is 8.98. The van der Waals surface area contributed by atoms with Gasteiger partial charge in [0.2, 0.25) is 0 Å². The minimum absolute atomic E-state index is 0.221. The van der Waals surface area contributed by atoms with Gasteiger partial charge in [0.05, 0.1) is 19.9 Å². The van der Waals surface area contributed by atoms with Crippen LogP contribution < -0.4 is 15.5 Å². The van der Waals surface area contributed by atoms with Crippen LogP contribution in [-0.4, -0.2) is 38.0 Å². The van der Waals surface area contributed by atoms with Gasteiger partial charge in [-0.15, -0.1) is 0 Å². The molecule has 0 aliphatic rings. The van der Waals surface area contributed by atoms with Crippen molar-refractivity contribution in [3.63, 3.8) is 0 Å². The maximum absolute atomic E-state index is 12.5. The lowest BCUT2D eigenvalue weighted by Gasteiger charge is -2.16. The molecule has 0 radical (unpaired) electrons. The lowest BCUT2D eigenvalue weighted by molar-refractivity contribution is -0.123. The summed E-state index contributed by atoms with van der Waals surface area (Å²) < 4.78 is 10.2. The Balaban J connectivity index is 2.05. The Morgan fingerprint density at radius 3 is 2.61 bits per heavy atom. The minimum atomic E-state index is -0.814. The molecule has 2 rings (SSSR count). The normalized spacial score (nSPS) is 11.7. The first-order valence-corrected chi connectivity index (χ1v) is 8.98. The zero-order valence-electron chi connectivity index (χ0n) is 16.3. The van der Waals surface area contributed by atoms with Gasteiger partial charge in [-0.05, 0) is 36.6 Å². The van der Waals surface area contributed by atoms with Crippen molar-refractivity contribution < 1.29 is 19.1 Å². The van der Waals surface area contributed by atoms with E-state index in [0.29, 0.717) is 6.42 Å². The second-order valence-electron chi connectivity index (χ2n) is 6.07. The Labute approximate surface area is 164 Å². The summed E-state index contributed by atoms with van der Waals surface area (Å²) in [6, 6.07) is 14.2. The molecule has 7 heteroatoms. The molecule has 2 N–H and O–H groups in total. The highest BCUT2D eigenvalue weighted by Crippen LogP contribution is 2.17. The third-order valence-corrected chi connectivity index (χ3v) is 3.99. The first-order chi connectivity index (χ1) is 13.5. The van der Waals surface area contributed by atoms with Gasteiger partial charge in [0, 0.05) is 6.42 Å². The van der Waals surface area contributed by atoms with Crippen molar-refractivity contribution >= 4 is 18.2 Å². The molecule has 148 valence electrons. The number of methoxy groups -OCH3 is 1. The molecule has 0 saturated heterocycles. The molecule has 0 heterocycles. The van der Waals surface area contributed by atoms with Crippen molar-refractivity contribution in [2.24, 2.45) is 5.10 Å². The van der Waals surface area contributed by atoms with E-state index in [4.69, 9.17) is 9.47 Å². The van der Waals surface area contributed by atoms with Crippen LogP contribution in [0.2, 0.25) is 0 Å². The zero-order chi connectivity index (χ0) is 20.4. The Kier molecular flexibility index (Phi) is 8.02. The van der Waals surface area contributed by atoms with Gasteiger partial charge in [0.15, 0.2) is 0 Å². The van der Waals surface area contributed by atoms with Crippen LogP contribution in [0.25, 0.3) is 0 Å². The summed E-state index contributed by atoms with van der Waals surface area (Å²) in [6.45, 7) is 3.86. The summed E-state index contributed by atoms with van der Waals surface area (Å²) in [5, 5.41) is 6.56. The van der Waals surface area contributed by atoms with Gasteiger partial charge in [-0.25, -0.2) is 10.2 Å². The summed E-state index contributed by atoms with van der Waals surface area (Å²) in [5.41, 5.74) is 5.16. The smallest absolute Gasteiger partial charge is 0.407 e. The van der Waals surface area contributed by atoms with Crippen molar-refractivity contribution in [1.82, 2.24) is 10.7 Å². The SMILES string of the molecule is CCOC(=O)N[C@@H](Cc1ccccc1)C(=O)N/N=C\c1ccc(C)c(OC)c1. The van der Waals surface area contributed by atoms with Crippen LogP contribution in [-0.2, 0) is 16.0 Å². The molecular weight excluding hydrogens is 358 g/mol. The van der Waals surface area contributed by atoms with Gasteiger partial charge in [-0.3, -0.25) is 4.79 Å². The summed E-state index contributed by atoms with van der Waals surface area (Å²) in [6.07, 6.45) is 1.19. The second kappa shape index (κ2) is 10.7. The molecule has 0 aliphatic heterocycles. The van der Waals surface area contributed by atoms with E-state index in [2.05, 4.69) is 15.8 Å². The number of hydrogen-bond donors (Lipinski definition) is 2. The van der Waals surface area contributed by atoms with Crippen LogP contribution in [0.1, 0.15) is 23.6 Å². The number of alkyl carbamates (subject to hydrolysis) is 1. The fourth-order valence-corrected chi connectivity index (χ4v) is 2.54. The highest BCUT2D eigenvalue weighted by molar-refractivity contribution is 5.87. The van der Waals surface area contributed by atoms with E-state index in [9.17, 15) is 9.59 Å². The summed E-state index contributed by atoms with van der Waals surface area (Å²) in [4.78, 5) is 24.3. The number of rotatable bonds is 8. The number of benzene rings is 2. The maximum atomic E-state index is 12.5. The monoisotopic (exact) mass is 383 g/mol. The summed E-state index contributed by atoms with van der Waals surface area (Å²) >= 11 is 0. The molecule has 0 bridgehead atoms. The van der Waals surface area contributed by atoms with E-state index in [1.807, 2.05) is 55.5 Å². The summed E-state index contributed by atoms with van der Waals surface area (Å²) in [7, 11) is 1.60. The third-order valence-electron chi connectivity index (χ3n) is 3.99. The number of hydrogen-bond acceptors (Lipinski definition) is 5. The molecule has 0 aromatic heterocycles. The lowest BCUT2D eigenvalue weighted by atomic mass is 10.1.